The standard InChI is InChI=1S/C21H17ClN4O2S2/c1-2-26-20(28)19-18(17(25-30-19)13-7-4-3-5-8-13)24-21(26)29-12-16(27)23-15-10-6-9-14(22)11-15/h3-11H,2,12H2,1H3,(H,23,27). The molecule has 0 unspecified atom stereocenters. The summed E-state index contributed by atoms with van der Waals surface area (Å²) in [4.78, 5) is 30.1. The molecule has 0 aliphatic heterocycles. The number of carbonyl (C=O) groups is 1. The van der Waals surface area contributed by atoms with Gasteiger partial charge in [-0.15, -0.1) is 0 Å². The smallest absolute Gasteiger partial charge is 0.273 e. The second-order valence-electron chi connectivity index (χ2n) is 6.37. The van der Waals surface area contributed by atoms with Gasteiger partial charge in [-0.1, -0.05) is 59.8 Å². The van der Waals surface area contributed by atoms with Crippen LogP contribution in [0.5, 0.6) is 0 Å². The van der Waals surface area contributed by atoms with E-state index in [1.54, 1.807) is 28.8 Å². The molecule has 4 rings (SSSR count). The number of nitrogens with zero attached hydrogens (tertiary/aromatic N) is 3. The second-order valence-corrected chi connectivity index (χ2v) is 8.52. The molecule has 0 radical (unpaired) electrons. The van der Waals surface area contributed by atoms with Crippen LogP contribution < -0.4 is 10.9 Å². The maximum Gasteiger partial charge on any atom is 0.273 e. The molecule has 0 fully saturated rings. The molecule has 0 spiro atoms. The normalized spacial score (nSPS) is 11.0. The summed E-state index contributed by atoms with van der Waals surface area (Å²) in [6, 6.07) is 16.6. The van der Waals surface area contributed by atoms with E-state index in [4.69, 9.17) is 16.6 Å². The highest BCUT2D eigenvalue weighted by atomic mass is 35.5. The largest absolute Gasteiger partial charge is 0.325 e. The van der Waals surface area contributed by atoms with E-state index in [9.17, 15) is 9.59 Å². The molecule has 2 aromatic carbocycles. The summed E-state index contributed by atoms with van der Waals surface area (Å²) >= 11 is 8.34. The molecular weight excluding hydrogens is 440 g/mol. The van der Waals surface area contributed by atoms with E-state index >= 15 is 0 Å². The number of rotatable bonds is 6. The van der Waals surface area contributed by atoms with Gasteiger partial charge in [0, 0.05) is 22.8 Å². The van der Waals surface area contributed by atoms with Crippen molar-refractivity contribution in [2.24, 2.45) is 0 Å². The fourth-order valence-corrected chi connectivity index (χ4v) is 4.80. The fraction of sp³-hybridized carbons (Fsp3) is 0.143. The Hall–Kier alpha value is -2.68. The Balaban J connectivity index is 1.63. The van der Waals surface area contributed by atoms with Gasteiger partial charge in [0.2, 0.25) is 5.91 Å². The Morgan fingerprint density at radius 3 is 2.73 bits per heavy atom. The highest BCUT2D eigenvalue weighted by Crippen LogP contribution is 2.29. The summed E-state index contributed by atoms with van der Waals surface area (Å²) in [7, 11) is 0. The van der Waals surface area contributed by atoms with Crippen LogP contribution in [0.3, 0.4) is 0 Å². The lowest BCUT2D eigenvalue weighted by Crippen LogP contribution is -2.22. The second kappa shape index (κ2) is 8.99. The third-order valence-corrected chi connectivity index (χ3v) is 6.39. The first-order chi connectivity index (χ1) is 14.6. The third-order valence-electron chi connectivity index (χ3n) is 4.35. The maximum absolute atomic E-state index is 13.0. The molecule has 0 atom stereocenters. The van der Waals surface area contributed by atoms with Crippen LogP contribution in [0.2, 0.25) is 5.02 Å². The molecule has 0 aliphatic rings. The number of carbonyl (C=O) groups excluding carboxylic acids is 1. The zero-order valence-corrected chi connectivity index (χ0v) is 18.4. The van der Waals surface area contributed by atoms with E-state index in [0.29, 0.717) is 38.3 Å². The summed E-state index contributed by atoms with van der Waals surface area (Å²) in [6.45, 7) is 2.34. The van der Waals surface area contributed by atoms with Crippen molar-refractivity contribution < 1.29 is 4.79 Å². The lowest BCUT2D eigenvalue weighted by molar-refractivity contribution is -0.113. The summed E-state index contributed by atoms with van der Waals surface area (Å²) in [5.41, 5.74) is 2.64. The zero-order chi connectivity index (χ0) is 21.1. The number of hydrogen-bond donors (Lipinski definition) is 1. The van der Waals surface area contributed by atoms with Crippen LogP contribution in [0.1, 0.15) is 6.92 Å². The highest BCUT2D eigenvalue weighted by Gasteiger charge is 2.18. The van der Waals surface area contributed by atoms with E-state index in [-0.39, 0.29) is 17.2 Å². The molecule has 1 N–H and O–H groups in total. The third kappa shape index (κ3) is 4.26. The lowest BCUT2D eigenvalue weighted by atomic mass is 10.1. The monoisotopic (exact) mass is 456 g/mol. The van der Waals surface area contributed by atoms with Crippen LogP contribution in [0.4, 0.5) is 5.69 Å². The van der Waals surface area contributed by atoms with Crippen LogP contribution in [-0.4, -0.2) is 25.6 Å². The van der Waals surface area contributed by atoms with Crippen molar-refractivity contribution in [3.8, 4) is 11.3 Å². The average molecular weight is 457 g/mol. The molecule has 0 bridgehead atoms. The number of nitrogens with one attached hydrogen (secondary N) is 1. The van der Waals surface area contributed by atoms with E-state index in [2.05, 4.69) is 9.69 Å². The van der Waals surface area contributed by atoms with Crippen molar-refractivity contribution in [3.05, 3.63) is 70.0 Å². The number of hydrogen-bond acceptors (Lipinski definition) is 6. The van der Waals surface area contributed by atoms with Crippen molar-refractivity contribution in [1.29, 1.82) is 0 Å². The minimum Gasteiger partial charge on any atom is -0.325 e. The molecular formula is C21H17ClN4O2S2. The van der Waals surface area contributed by atoms with E-state index in [1.807, 2.05) is 37.3 Å². The number of fused-ring (bicyclic) bond motifs is 1. The molecule has 1 amide bonds. The predicted octanol–water partition coefficient (Wildman–Crippen LogP) is 4.92. The van der Waals surface area contributed by atoms with E-state index in [1.165, 1.54) is 11.8 Å². The number of aromatic nitrogens is 3. The van der Waals surface area contributed by atoms with Crippen molar-refractivity contribution in [2.45, 2.75) is 18.6 Å². The van der Waals surface area contributed by atoms with Crippen LogP contribution in [0.25, 0.3) is 21.5 Å². The van der Waals surface area contributed by atoms with Gasteiger partial charge in [0.1, 0.15) is 15.9 Å². The van der Waals surface area contributed by atoms with E-state index < -0.39 is 0 Å². The predicted molar refractivity (Wildman–Crippen MR) is 124 cm³/mol. The minimum atomic E-state index is -0.203. The molecule has 0 saturated heterocycles. The van der Waals surface area contributed by atoms with Gasteiger partial charge in [-0.3, -0.25) is 14.2 Å². The average Bonchev–Trinajstić information content (AvgIpc) is 3.17. The summed E-state index contributed by atoms with van der Waals surface area (Å²) < 4.78 is 6.56. The maximum atomic E-state index is 13.0. The van der Waals surface area contributed by atoms with Crippen LogP contribution in [-0.2, 0) is 11.3 Å². The quantitative estimate of drug-likeness (QED) is 0.329. The molecule has 6 nitrogen and oxygen atoms in total. The Morgan fingerprint density at radius 2 is 2.00 bits per heavy atom. The van der Waals surface area contributed by atoms with Crippen molar-refractivity contribution >= 4 is 56.7 Å². The van der Waals surface area contributed by atoms with E-state index in [0.717, 1.165) is 17.1 Å². The van der Waals surface area contributed by atoms with Gasteiger partial charge in [0.25, 0.3) is 5.56 Å². The Bertz CT molecular complexity index is 1270. The van der Waals surface area contributed by atoms with Crippen LogP contribution in [0, 0.1) is 0 Å². The summed E-state index contributed by atoms with van der Waals surface area (Å²) in [5, 5.41) is 3.85. The fourth-order valence-electron chi connectivity index (χ4n) is 2.96. The van der Waals surface area contributed by atoms with Gasteiger partial charge in [0.05, 0.1) is 5.75 Å². The molecule has 30 heavy (non-hydrogen) atoms. The molecule has 0 aliphatic carbocycles. The highest BCUT2D eigenvalue weighted by molar-refractivity contribution is 7.99. The zero-order valence-electron chi connectivity index (χ0n) is 16.0. The minimum absolute atomic E-state index is 0.114. The SMILES string of the molecule is CCn1c(SCC(=O)Nc2cccc(Cl)c2)nc2c(-c3ccccc3)nsc2c1=O. The molecule has 2 heterocycles. The summed E-state index contributed by atoms with van der Waals surface area (Å²) in [6.07, 6.45) is 0. The molecule has 152 valence electrons. The number of halogens is 1. The number of anilines is 1. The van der Waals surface area contributed by atoms with Gasteiger partial charge in [-0.2, -0.15) is 4.37 Å². The van der Waals surface area contributed by atoms with Crippen molar-refractivity contribution in [2.75, 3.05) is 11.1 Å². The Morgan fingerprint density at radius 1 is 1.20 bits per heavy atom. The molecule has 9 heteroatoms. The Labute approximate surface area is 186 Å². The van der Waals surface area contributed by atoms with Crippen molar-refractivity contribution in [3.63, 3.8) is 0 Å². The number of amides is 1. The van der Waals surface area contributed by atoms with Gasteiger partial charge in [-0.05, 0) is 36.7 Å². The van der Waals surface area contributed by atoms with Gasteiger partial charge in [0.15, 0.2) is 5.16 Å². The first-order valence-corrected chi connectivity index (χ1v) is 11.3. The Kier molecular flexibility index (Phi) is 6.17. The topological polar surface area (TPSA) is 76.9 Å². The van der Waals surface area contributed by atoms with Gasteiger partial charge in [-0.25, -0.2) is 4.98 Å². The number of benzene rings is 2. The first kappa shape index (κ1) is 20.6. The van der Waals surface area contributed by atoms with Crippen LogP contribution >= 0.6 is 34.9 Å². The van der Waals surface area contributed by atoms with Gasteiger partial charge < -0.3 is 5.32 Å². The molecule has 2 aromatic heterocycles. The first-order valence-electron chi connectivity index (χ1n) is 9.20. The molecule has 0 saturated carbocycles. The van der Waals surface area contributed by atoms with Crippen molar-refractivity contribution in [1.82, 2.24) is 13.9 Å². The lowest BCUT2D eigenvalue weighted by Gasteiger charge is -2.10. The van der Waals surface area contributed by atoms with Gasteiger partial charge >= 0.3 is 0 Å². The summed E-state index contributed by atoms with van der Waals surface area (Å²) in [5.74, 6) is -0.0890. The van der Waals surface area contributed by atoms with Crippen LogP contribution in [0.15, 0.2) is 64.5 Å². The molecule has 4 aromatic rings. The number of thioether (sulfide) groups is 1.